The molecule has 0 heterocycles. The van der Waals surface area contributed by atoms with Crippen LogP contribution in [0.3, 0.4) is 0 Å². The van der Waals surface area contributed by atoms with Gasteiger partial charge in [0.1, 0.15) is 0 Å². The quantitative estimate of drug-likeness (QED) is 0.657. The van der Waals surface area contributed by atoms with Crippen LogP contribution >= 0.6 is 27.5 Å². The normalized spacial score (nSPS) is 34.2. The van der Waals surface area contributed by atoms with Crippen LogP contribution in [0.2, 0.25) is 5.02 Å². The third-order valence-electron chi connectivity index (χ3n) is 4.36. The van der Waals surface area contributed by atoms with Crippen LogP contribution < -0.4 is 0 Å². The van der Waals surface area contributed by atoms with Crippen molar-refractivity contribution >= 4 is 27.5 Å². The van der Waals surface area contributed by atoms with E-state index < -0.39 is 0 Å². The van der Waals surface area contributed by atoms with E-state index >= 15 is 0 Å². The topological polar surface area (TPSA) is 0 Å². The van der Waals surface area contributed by atoms with Crippen molar-refractivity contribution in [2.24, 2.45) is 17.8 Å². The summed E-state index contributed by atoms with van der Waals surface area (Å²) >= 11 is 9.82. The minimum atomic E-state index is 0.528. The molecule has 0 N–H and O–H groups in total. The van der Waals surface area contributed by atoms with Crippen LogP contribution in [0.25, 0.3) is 0 Å². The first kappa shape index (κ1) is 11.1. The standard InChI is InChI=1S/C14H16BrCl/c15-14(10-3-5-12(16)6-4-10)13-8-9-1-2-11(13)7-9/h3-6,9,11,13-14H,1-2,7-8H2. The smallest absolute Gasteiger partial charge is 0.0426 e. The van der Waals surface area contributed by atoms with Gasteiger partial charge in [-0.3, -0.25) is 0 Å². The molecule has 0 saturated heterocycles. The van der Waals surface area contributed by atoms with Gasteiger partial charge >= 0.3 is 0 Å². The van der Waals surface area contributed by atoms with E-state index in [9.17, 15) is 0 Å². The molecule has 0 amide bonds. The fourth-order valence-corrected chi connectivity index (χ4v) is 4.62. The van der Waals surface area contributed by atoms with Crippen LogP contribution in [0.1, 0.15) is 36.1 Å². The van der Waals surface area contributed by atoms with Gasteiger partial charge in [-0.25, -0.2) is 0 Å². The van der Waals surface area contributed by atoms with E-state index in [2.05, 4.69) is 28.1 Å². The lowest BCUT2D eigenvalue weighted by Gasteiger charge is -2.26. The fourth-order valence-electron chi connectivity index (χ4n) is 3.55. The van der Waals surface area contributed by atoms with Gasteiger partial charge in [0, 0.05) is 9.85 Å². The van der Waals surface area contributed by atoms with Crippen molar-refractivity contribution in [3.8, 4) is 0 Å². The highest BCUT2D eigenvalue weighted by Crippen LogP contribution is 2.54. The lowest BCUT2D eigenvalue weighted by atomic mass is 9.84. The second-order valence-corrected chi connectivity index (χ2v) is 6.71. The Balaban J connectivity index is 1.77. The molecule has 4 atom stereocenters. The summed E-state index contributed by atoms with van der Waals surface area (Å²) in [6, 6.07) is 8.32. The average molecular weight is 300 g/mol. The Bertz CT molecular complexity index is 373. The highest BCUT2D eigenvalue weighted by molar-refractivity contribution is 9.09. The van der Waals surface area contributed by atoms with Crippen LogP contribution in [-0.2, 0) is 0 Å². The SMILES string of the molecule is Clc1ccc(C(Br)C2CC3CCC2C3)cc1. The minimum Gasteiger partial charge on any atom is -0.0843 e. The summed E-state index contributed by atoms with van der Waals surface area (Å²) in [7, 11) is 0. The van der Waals surface area contributed by atoms with Crippen molar-refractivity contribution < 1.29 is 0 Å². The predicted molar refractivity (Wildman–Crippen MR) is 72.1 cm³/mol. The van der Waals surface area contributed by atoms with Gasteiger partial charge in [-0.2, -0.15) is 0 Å². The van der Waals surface area contributed by atoms with E-state index in [1.165, 1.54) is 31.2 Å². The Morgan fingerprint density at radius 2 is 1.88 bits per heavy atom. The lowest BCUT2D eigenvalue weighted by Crippen LogP contribution is -2.15. The Labute approximate surface area is 111 Å². The highest BCUT2D eigenvalue weighted by Gasteiger charge is 2.42. The molecule has 0 radical (unpaired) electrons. The van der Waals surface area contributed by atoms with Crippen molar-refractivity contribution in [3.05, 3.63) is 34.9 Å². The zero-order valence-corrected chi connectivity index (χ0v) is 11.5. The molecular formula is C14H16BrCl. The molecular weight excluding hydrogens is 284 g/mol. The average Bonchev–Trinajstić information content (AvgIpc) is 2.91. The third kappa shape index (κ3) is 1.93. The second-order valence-electron chi connectivity index (χ2n) is 5.29. The summed E-state index contributed by atoms with van der Waals surface area (Å²) in [4.78, 5) is 0.528. The maximum Gasteiger partial charge on any atom is 0.0426 e. The molecule has 86 valence electrons. The molecule has 16 heavy (non-hydrogen) atoms. The van der Waals surface area contributed by atoms with Crippen molar-refractivity contribution in [2.75, 3.05) is 0 Å². The van der Waals surface area contributed by atoms with E-state index in [1.807, 2.05) is 12.1 Å². The van der Waals surface area contributed by atoms with Gasteiger partial charge < -0.3 is 0 Å². The number of rotatable bonds is 2. The predicted octanol–water partition coefficient (Wildman–Crippen LogP) is 5.21. The molecule has 2 fully saturated rings. The number of benzene rings is 1. The van der Waals surface area contributed by atoms with E-state index in [0.29, 0.717) is 4.83 Å². The molecule has 1 aromatic rings. The molecule has 2 heteroatoms. The minimum absolute atomic E-state index is 0.528. The Morgan fingerprint density at radius 1 is 1.12 bits per heavy atom. The van der Waals surface area contributed by atoms with Gasteiger partial charge in [-0.15, -0.1) is 0 Å². The summed E-state index contributed by atoms with van der Waals surface area (Å²) in [5, 5.41) is 0.830. The van der Waals surface area contributed by atoms with E-state index in [-0.39, 0.29) is 0 Å². The highest BCUT2D eigenvalue weighted by atomic mass is 79.9. The zero-order chi connectivity index (χ0) is 11.1. The zero-order valence-electron chi connectivity index (χ0n) is 9.20. The number of fused-ring (bicyclic) bond motifs is 2. The molecule has 3 rings (SSSR count). The summed E-state index contributed by atoms with van der Waals surface area (Å²) in [6.45, 7) is 0. The summed E-state index contributed by atoms with van der Waals surface area (Å²) in [5.74, 6) is 2.83. The summed E-state index contributed by atoms with van der Waals surface area (Å²) in [5.41, 5.74) is 1.39. The summed E-state index contributed by atoms with van der Waals surface area (Å²) < 4.78 is 0. The third-order valence-corrected chi connectivity index (χ3v) is 5.82. The maximum atomic E-state index is 5.92. The number of alkyl halides is 1. The molecule has 2 aliphatic rings. The van der Waals surface area contributed by atoms with Crippen molar-refractivity contribution in [1.29, 1.82) is 0 Å². The number of hydrogen-bond donors (Lipinski definition) is 0. The van der Waals surface area contributed by atoms with Gasteiger partial charge in [-0.1, -0.05) is 46.1 Å². The van der Waals surface area contributed by atoms with Crippen LogP contribution in [-0.4, -0.2) is 0 Å². The fraction of sp³-hybridized carbons (Fsp3) is 0.571. The monoisotopic (exact) mass is 298 g/mol. The Morgan fingerprint density at radius 3 is 2.44 bits per heavy atom. The second kappa shape index (κ2) is 4.34. The first-order valence-electron chi connectivity index (χ1n) is 6.13. The van der Waals surface area contributed by atoms with Crippen molar-refractivity contribution in [2.45, 2.75) is 30.5 Å². The number of hydrogen-bond acceptors (Lipinski definition) is 0. The molecule has 1 aromatic carbocycles. The molecule has 0 aromatic heterocycles. The molecule has 2 aliphatic carbocycles. The van der Waals surface area contributed by atoms with Gasteiger partial charge in [0.2, 0.25) is 0 Å². The Hall–Kier alpha value is -0.0100. The van der Waals surface area contributed by atoms with Crippen LogP contribution in [0.4, 0.5) is 0 Å². The van der Waals surface area contributed by atoms with Crippen LogP contribution in [0.15, 0.2) is 24.3 Å². The molecule has 0 nitrogen and oxygen atoms in total. The largest absolute Gasteiger partial charge is 0.0843 e. The van der Waals surface area contributed by atoms with E-state index in [0.717, 1.165) is 22.8 Å². The molecule has 0 spiro atoms. The maximum absolute atomic E-state index is 5.92. The first-order valence-corrected chi connectivity index (χ1v) is 7.43. The van der Waals surface area contributed by atoms with E-state index in [1.54, 1.807) is 0 Å². The Kier molecular flexibility index (Phi) is 3.01. The summed E-state index contributed by atoms with van der Waals surface area (Å²) in [6.07, 6.45) is 5.82. The molecule has 2 saturated carbocycles. The molecule has 4 unspecified atom stereocenters. The van der Waals surface area contributed by atoms with Gasteiger partial charge in [-0.05, 0) is 54.7 Å². The molecule has 2 bridgehead atoms. The van der Waals surface area contributed by atoms with E-state index in [4.69, 9.17) is 11.6 Å². The van der Waals surface area contributed by atoms with Crippen LogP contribution in [0, 0.1) is 17.8 Å². The lowest BCUT2D eigenvalue weighted by molar-refractivity contribution is 0.329. The van der Waals surface area contributed by atoms with Crippen molar-refractivity contribution in [1.82, 2.24) is 0 Å². The molecule has 0 aliphatic heterocycles. The van der Waals surface area contributed by atoms with Crippen molar-refractivity contribution in [3.63, 3.8) is 0 Å². The number of halogens is 2. The first-order chi connectivity index (χ1) is 7.74. The van der Waals surface area contributed by atoms with Gasteiger partial charge in [0.05, 0.1) is 0 Å². The van der Waals surface area contributed by atoms with Crippen LogP contribution in [0.5, 0.6) is 0 Å². The van der Waals surface area contributed by atoms with Gasteiger partial charge in [0.15, 0.2) is 0 Å². The van der Waals surface area contributed by atoms with Gasteiger partial charge in [0.25, 0.3) is 0 Å².